The summed E-state index contributed by atoms with van der Waals surface area (Å²) in [5.41, 5.74) is 2.91. The highest BCUT2D eigenvalue weighted by Gasteiger charge is 2.13. The van der Waals surface area contributed by atoms with Gasteiger partial charge in [-0.1, -0.05) is 38.1 Å². The molecule has 1 atom stereocenters. The highest BCUT2D eigenvalue weighted by molar-refractivity contribution is 5.27. The average Bonchev–Trinajstić information content (AvgIpc) is 2.52. The van der Waals surface area contributed by atoms with Crippen molar-refractivity contribution in [3.8, 4) is 0 Å². The molecule has 0 radical (unpaired) electrons. The van der Waals surface area contributed by atoms with Gasteiger partial charge in [0.05, 0.1) is 0 Å². The van der Waals surface area contributed by atoms with Gasteiger partial charge in [0.2, 0.25) is 0 Å². The van der Waals surface area contributed by atoms with Crippen molar-refractivity contribution in [3.05, 3.63) is 35.4 Å². The maximum absolute atomic E-state index is 3.71. The van der Waals surface area contributed by atoms with E-state index in [1.54, 1.807) is 0 Å². The maximum atomic E-state index is 3.71. The molecule has 3 nitrogen and oxygen atoms in total. The third-order valence-corrected chi connectivity index (χ3v) is 4.28. The van der Waals surface area contributed by atoms with Crippen molar-refractivity contribution in [1.82, 2.24) is 15.5 Å². The van der Waals surface area contributed by atoms with E-state index in [1.807, 2.05) is 0 Å². The SMILES string of the molecule is CCN(CC)Cc1ccccc1CNC1CCCNC1. The molecule has 0 aromatic heterocycles. The molecule has 3 heteroatoms. The van der Waals surface area contributed by atoms with E-state index in [1.165, 1.54) is 30.5 Å². The lowest BCUT2D eigenvalue weighted by atomic mass is 10.0. The first-order valence-corrected chi connectivity index (χ1v) is 8.06. The summed E-state index contributed by atoms with van der Waals surface area (Å²) < 4.78 is 0. The first-order chi connectivity index (χ1) is 9.83. The third-order valence-electron chi connectivity index (χ3n) is 4.28. The topological polar surface area (TPSA) is 27.3 Å². The van der Waals surface area contributed by atoms with Crippen LogP contribution in [0.2, 0.25) is 0 Å². The van der Waals surface area contributed by atoms with E-state index < -0.39 is 0 Å². The predicted octanol–water partition coefficient (Wildman–Crippen LogP) is 2.37. The van der Waals surface area contributed by atoms with Crippen molar-refractivity contribution in [3.63, 3.8) is 0 Å². The minimum atomic E-state index is 0.630. The summed E-state index contributed by atoms with van der Waals surface area (Å²) in [5.74, 6) is 0. The van der Waals surface area contributed by atoms with Gasteiger partial charge in [0.25, 0.3) is 0 Å². The Bertz CT molecular complexity index is 382. The summed E-state index contributed by atoms with van der Waals surface area (Å²) in [6.45, 7) is 11.0. The second-order valence-corrected chi connectivity index (χ2v) is 5.65. The lowest BCUT2D eigenvalue weighted by Crippen LogP contribution is -2.42. The van der Waals surface area contributed by atoms with Crippen molar-refractivity contribution < 1.29 is 0 Å². The Hall–Kier alpha value is -0.900. The average molecular weight is 275 g/mol. The lowest BCUT2D eigenvalue weighted by Gasteiger charge is -2.25. The second-order valence-electron chi connectivity index (χ2n) is 5.65. The van der Waals surface area contributed by atoms with Crippen LogP contribution in [0.5, 0.6) is 0 Å². The Morgan fingerprint density at radius 2 is 1.95 bits per heavy atom. The van der Waals surface area contributed by atoms with Crippen molar-refractivity contribution in [2.24, 2.45) is 0 Å². The van der Waals surface area contributed by atoms with Gasteiger partial charge in [-0.2, -0.15) is 0 Å². The van der Waals surface area contributed by atoms with Gasteiger partial charge in [0, 0.05) is 25.7 Å². The molecule has 0 spiro atoms. The molecule has 1 heterocycles. The number of nitrogens with one attached hydrogen (secondary N) is 2. The number of rotatable bonds is 7. The summed E-state index contributed by atoms with van der Waals surface area (Å²) in [7, 11) is 0. The van der Waals surface area contributed by atoms with Gasteiger partial charge >= 0.3 is 0 Å². The molecule has 1 aromatic carbocycles. The fraction of sp³-hybridized carbons (Fsp3) is 0.647. The maximum Gasteiger partial charge on any atom is 0.0236 e. The van der Waals surface area contributed by atoms with Crippen LogP contribution in [-0.4, -0.2) is 37.1 Å². The summed E-state index contributed by atoms with van der Waals surface area (Å²) in [6, 6.07) is 9.48. The normalized spacial score (nSPS) is 19.4. The molecular weight excluding hydrogens is 246 g/mol. The number of hydrogen-bond acceptors (Lipinski definition) is 3. The molecule has 2 N–H and O–H groups in total. The monoisotopic (exact) mass is 275 g/mol. The highest BCUT2D eigenvalue weighted by atomic mass is 15.1. The van der Waals surface area contributed by atoms with Crippen LogP contribution in [0.1, 0.15) is 37.8 Å². The first kappa shape index (κ1) is 15.5. The summed E-state index contributed by atoms with van der Waals surface area (Å²) in [5, 5.41) is 7.17. The molecular formula is C17H29N3. The minimum Gasteiger partial charge on any atom is -0.315 e. The van der Waals surface area contributed by atoms with Gasteiger partial charge in [0.1, 0.15) is 0 Å². The predicted molar refractivity (Wildman–Crippen MR) is 85.8 cm³/mol. The smallest absolute Gasteiger partial charge is 0.0236 e. The number of piperidine rings is 1. The largest absolute Gasteiger partial charge is 0.315 e. The van der Waals surface area contributed by atoms with Gasteiger partial charge in [-0.05, 0) is 43.6 Å². The van der Waals surface area contributed by atoms with Gasteiger partial charge in [-0.25, -0.2) is 0 Å². The van der Waals surface area contributed by atoms with Gasteiger partial charge in [-0.15, -0.1) is 0 Å². The molecule has 0 amide bonds. The Kier molecular flexibility index (Phi) is 6.51. The number of benzene rings is 1. The number of nitrogens with zero attached hydrogens (tertiary/aromatic N) is 1. The van der Waals surface area contributed by atoms with Crippen LogP contribution in [0.4, 0.5) is 0 Å². The minimum absolute atomic E-state index is 0.630. The van der Waals surface area contributed by atoms with Crippen molar-refractivity contribution in [1.29, 1.82) is 0 Å². The first-order valence-electron chi connectivity index (χ1n) is 8.06. The molecule has 0 bridgehead atoms. The molecule has 2 rings (SSSR count). The summed E-state index contributed by atoms with van der Waals surface area (Å²) in [6.07, 6.45) is 2.59. The molecule has 1 fully saturated rings. The van der Waals surface area contributed by atoms with Crippen LogP contribution in [0.15, 0.2) is 24.3 Å². The van der Waals surface area contributed by atoms with Crippen molar-refractivity contribution >= 4 is 0 Å². The van der Waals surface area contributed by atoms with Crippen molar-refractivity contribution in [2.75, 3.05) is 26.2 Å². The van der Waals surface area contributed by atoms with Gasteiger partial charge < -0.3 is 10.6 Å². The summed E-state index contributed by atoms with van der Waals surface area (Å²) >= 11 is 0. The van der Waals surface area contributed by atoms with Gasteiger partial charge in [0.15, 0.2) is 0 Å². The second kappa shape index (κ2) is 8.40. The third kappa shape index (κ3) is 4.58. The van der Waals surface area contributed by atoms with Crippen molar-refractivity contribution in [2.45, 2.75) is 45.8 Å². The van der Waals surface area contributed by atoms with Crippen LogP contribution in [-0.2, 0) is 13.1 Å². The van der Waals surface area contributed by atoms with Crippen LogP contribution >= 0.6 is 0 Å². The van der Waals surface area contributed by atoms with Crippen LogP contribution < -0.4 is 10.6 Å². The zero-order valence-electron chi connectivity index (χ0n) is 13.0. The standard InChI is InChI=1S/C17H29N3/c1-3-20(4-2)14-16-9-6-5-8-15(16)12-19-17-10-7-11-18-13-17/h5-6,8-9,17-19H,3-4,7,10-14H2,1-2H3. The van der Waals surface area contributed by atoms with E-state index in [4.69, 9.17) is 0 Å². The zero-order valence-corrected chi connectivity index (χ0v) is 13.0. The Morgan fingerprint density at radius 3 is 2.60 bits per heavy atom. The lowest BCUT2D eigenvalue weighted by molar-refractivity contribution is 0.294. The van der Waals surface area contributed by atoms with Crippen LogP contribution in [0.3, 0.4) is 0 Å². The highest BCUT2D eigenvalue weighted by Crippen LogP contribution is 2.12. The van der Waals surface area contributed by atoms with E-state index in [0.29, 0.717) is 6.04 Å². The fourth-order valence-corrected chi connectivity index (χ4v) is 2.85. The summed E-state index contributed by atoms with van der Waals surface area (Å²) in [4.78, 5) is 2.47. The van der Waals surface area contributed by atoms with E-state index >= 15 is 0 Å². The van der Waals surface area contributed by atoms with E-state index in [9.17, 15) is 0 Å². The molecule has 1 unspecified atom stereocenters. The molecule has 20 heavy (non-hydrogen) atoms. The Morgan fingerprint density at radius 1 is 1.20 bits per heavy atom. The zero-order chi connectivity index (χ0) is 14.2. The van der Waals surface area contributed by atoms with Gasteiger partial charge in [-0.3, -0.25) is 4.90 Å². The Balaban J connectivity index is 1.92. The fourth-order valence-electron chi connectivity index (χ4n) is 2.85. The van der Waals surface area contributed by atoms with Crippen LogP contribution in [0, 0.1) is 0 Å². The molecule has 1 aromatic rings. The van der Waals surface area contributed by atoms with E-state index in [-0.39, 0.29) is 0 Å². The molecule has 1 aliphatic heterocycles. The number of hydrogen-bond donors (Lipinski definition) is 2. The molecule has 0 aliphatic carbocycles. The molecule has 112 valence electrons. The Labute approximate surface area is 123 Å². The quantitative estimate of drug-likeness (QED) is 0.800. The van der Waals surface area contributed by atoms with Crippen LogP contribution in [0.25, 0.3) is 0 Å². The molecule has 1 saturated heterocycles. The van der Waals surface area contributed by atoms with E-state index in [2.05, 4.69) is 53.6 Å². The molecule has 0 saturated carbocycles. The molecule has 1 aliphatic rings. The van der Waals surface area contributed by atoms with E-state index in [0.717, 1.165) is 32.7 Å².